The Balaban J connectivity index is 0.0000000995. The predicted octanol–water partition coefficient (Wildman–Crippen LogP) is 39.3. The van der Waals surface area contributed by atoms with E-state index in [0.717, 1.165) is 0 Å². The van der Waals surface area contributed by atoms with Gasteiger partial charge in [-0.2, -0.15) is 0 Å². The van der Waals surface area contributed by atoms with Crippen molar-refractivity contribution in [1.82, 2.24) is 0 Å². The summed E-state index contributed by atoms with van der Waals surface area (Å²) in [5, 5.41) is 17.0. The van der Waals surface area contributed by atoms with Gasteiger partial charge in [0, 0.05) is 126 Å². The number of hydrogen-bond donors (Lipinski definition) is 0. The van der Waals surface area contributed by atoms with Gasteiger partial charge in [-0.3, -0.25) is 0 Å². The summed E-state index contributed by atoms with van der Waals surface area (Å²) in [4.78, 5) is 0. The van der Waals surface area contributed by atoms with E-state index < -0.39 is 0 Å². The van der Waals surface area contributed by atoms with Crippen LogP contribution in [0.3, 0.4) is 0 Å². The van der Waals surface area contributed by atoms with Crippen LogP contribution >= 0.6 is 68.0 Å². The minimum Gasteiger partial charge on any atom is -0.135 e. The molecule has 26 rings (SSSR count). The first-order valence-corrected chi connectivity index (χ1v) is 51.5. The van der Waals surface area contributed by atoms with E-state index in [1.807, 2.05) is 68.0 Å². The Morgan fingerprint density at radius 3 is 1.06 bits per heavy atom. The van der Waals surface area contributed by atoms with Crippen molar-refractivity contribution in [3.8, 4) is 22.3 Å². The third-order valence-corrected chi connectivity index (χ3v) is 34.5. The van der Waals surface area contributed by atoms with Crippen LogP contribution in [0.5, 0.6) is 0 Å². The summed E-state index contributed by atoms with van der Waals surface area (Å²) in [7, 11) is 0. The van der Waals surface area contributed by atoms with Gasteiger partial charge in [-0.15, -0.1) is 68.0 Å². The molecule has 6 heteroatoms. The highest BCUT2D eigenvalue weighted by Crippen LogP contribution is 2.58. The van der Waals surface area contributed by atoms with Gasteiger partial charge in [0.1, 0.15) is 0 Å². The second kappa shape index (κ2) is 37.6. The molecule has 2 aliphatic rings. The van der Waals surface area contributed by atoms with Crippen LogP contribution < -0.4 is 0 Å². The van der Waals surface area contributed by atoms with Crippen molar-refractivity contribution in [1.29, 1.82) is 0 Å². The zero-order valence-electron chi connectivity index (χ0n) is 79.9. The quantitative estimate of drug-likeness (QED) is 0.162. The molecule has 0 fully saturated rings. The number of benzene rings is 18. The third-order valence-electron chi connectivity index (χ3n) is 27.2. The summed E-state index contributed by atoms with van der Waals surface area (Å²) < 4.78 is 16.9. The molecular formula is C128H112S6. The maximum Gasteiger partial charge on any atom is 0.0713 e. The molecule has 0 saturated carbocycles. The van der Waals surface area contributed by atoms with Gasteiger partial charge in [-0.05, 0) is 294 Å². The highest BCUT2D eigenvalue weighted by molar-refractivity contribution is 7.28. The van der Waals surface area contributed by atoms with Crippen LogP contribution in [0.1, 0.15) is 136 Å². The first-order valence-electron chi connectivity index (χ1n) is 46.6. The smallest absolute Gasteiger partial charge is 0.0713 e. The van der Waals surface area contributed by atoms with E-state index in [-0.39, 0.29) is 10.8 Å². The molecule has 2 aliphatic carbocycles. The van der Waals surface area contributed by atoms with Crippen molar-refractivity contribution in [2.24, 2.45) is 0 Å². The summed E-state index contributed by atoms with van der Waals surface area (Å²) in [5.74, 6) is 0. The molecule has 0 N–H and O–H groups in total. The number of hydrogen-bond acceptors (Lipinski definition) is 6. The SMILES string of the molecule is Cc1ccc(C)c2c1sc1ccccc12.Cc1ccc2c(c1)C(C)(C)c1cc(C)ccc1-2.Cc1ccc2c(c1)C(c1ccccc1)(c1ccccc1)c1cccc(C)c1-2.Cc1ccc2c(c1)sc1c(C)cccc12.Cc1ccc2c(c1)sc1cccc(C)c12.Cc1ccc2sc3c(C)cccc3c2c1.Cc1ccc2sc3cccc(C)c3c2c1.Cc1cccc2sc3cccc(C)c3c12. The van der Waals surface area contributed by atoms with E-state index in [4.69, 9.17) is 0 Å². The van der Waals surface area contributed by atoms with E-state index in [0.29, 0.717) is 0 Å². The second-order valence-electron chi connectivity index (χ2n) is 37.5. The number of rotatable bonds is 2. The van der Waals surface area contributed by atoms with Gasteiger partial charge in [0.05, 0.1) is 5.41 Å². The van der Waals surface area contributed by atoms with Gasteiger partial charge < -0.3 is 0 Å². The molecule has 0 spiro atoms. The first kappa shape index (κ1) is 90.4. The van der Waals surface area contributed by atoms with E-state index in [2.05, 4.69) is 476 Å². The lowest BCUT2D eigenvalue weighted by molar-refractivity contribution is 0.659. The summed E-state index contributed by atoms with van der Waals surface area (Å²) in [6, 6.07) is 128. The molecular weight excluding hydrogens is 1730 g/mol. The minimum atomic E-state index is -0.273. The maximum absolute atomic E-state index is 2.38. The summed E-state index contributed by atoms with van der Waals surface area (Å²) in [6.07, 6.45) is 0. The van der Waals surface area contributed by atoms with Crippen LogP contribution in [-0.4, -0.2) is 0 Å². The maximum atomic E-state index is 2.38. The second-order valence-corrected chi connectivity index (χ2v) is 43.9. The molecule has 18 aromatic carbocycles. The van der Waals surface area contributed by atoms with Crippen LogP contribution in [0, 0.1) is 111 Å². The molecule has 0 saturated heterocycles. The Labute approximate surface area is 813 Å². The summed E-state index contributed by atoms with van der Waals surface area (Å²) >= 11 is 11.4. The van der Waals surface area contributed by atoms with Crippen LogP contribution in [0.25, 0.3) is 143 Å². The van der Waals surface area contributed by atoms with Gasteiger partial charge >= 0.3 is 0 Å². The van der Waals surface area contributed by atoms with Crippen LogP contribution in [0.15, 0.2) is 352 Å². The summed E-state index contributed by atoms with van der Waals surface area (Å²) in [5.41, 5.74) is 35.6. The lowest BCUT2D eigenvalue weighted by Gasteiger charge is -2.34. The molecule has 0 aliphatic heterocycles. The van der Waals surface area contributed by atoms with Crippen molar-refractivity contribution < 1.29 is 0 Å². The molecule has 0 nitrogen and oxygen atoms in total. The van der Waals surface area contributed by atoms with Gasteiger partial charge in [-0.25, -0.2) is 0 Å². The van der Waals surface area contributed by atoms with Crippen molar-refractivity contribution >= 4 is 189 Å². The molecule has 0 radical (unpaired) electrons. The average molecular weight is 1840 g/mol. The lowest BCUT2D eigenvalue weighted by atomic mass is 9.67. The Bertz CT molecular complexity index is 8410. The minimum absolute atomic E-state index is 0.142. The van der Waals surface area contributed by atoms with Gasteiger partial charge in [0.25, 0.3) is 0 Å². The molecule has 0 atom stereocenters. The molecule has 6 heterocycles. The Morgan fingerprint density at radius 1 is 0.172 bits per heavy atom. The van der Waals surface area contributed by atoms with Crippen LogP contribution in [0.2, 0.25) is 0 Å². The van der Waals surface area contributed by atoms with Crippen LogP contribution in [0.4, 0.5) is 0 Å². The fourth-order valence-corrected chi connectivity index (χ4v) is 27.8. The monoisotopic (exact) mass is 1840 g/mol. The molecule has 24 aromatic rings. The molecule has 0 amide bonds. The zero-order chi connectivity index (χ0) is 93.1. The van der Waals surface area contributed by atoms with E-state index in [1.54, 1.807) is 0 Å². The fraction of sp³-hybridized carbons (Fsp3) is 0.156. The molecule has 0 bridgehead atoms. The fourth-order valence-electron chi connectivity index (χ4n) is 20.5. The molecule has 134 heavy (non-hydrogen) atoms. The van der Waals surface area contributed by atoms with Crippen molar-refractivity contribution in [3.63, 3.8) is 0 Å². The normalized spacial score (nSPS) is 12.4. The lowest BCUT2D eigenvalue weighted by Crippen LogP contribution is -2.28. The van der Waals surface area contributed by atoms with E-state index in [9.17, 15) is 0 Å². The summed E-state index contributed by atoms with van der Waals surface area (Å²) in [6.45, 7) is 39.6. The number of aryl methyl sites for hydroxylation is 16. The molecule has 660 valence electrons. The zero-order valence-corrected chi connectivity index (χ0v) is 84.8. The van der Waals surface area contributed by atoms with Gasteiger partial charge in [0.15, 0.2) is 0 Å². The topological polar surface area (TPSA) is 0 Å². The van der Waals surface area contributed by atoms with E-state index in [1.165, 1.54) is 266 Å². The largest absolute Gasteiger partial charge is 0.135 e. The highest BCUT2D eigenvalue weighted by Gasteiger charge is 2.46. The molecule has 0 unspecified atom stereocenters. The van der Waals surface area contributed by atoms with Crippen molar-refractivity contribution in [2.75, 3.05) is 0 Å². The van der Waals surface area contributed by atoms with Gasteiger partial charge in [-0.1, -0.05) is 327 Å². The Morgan fingerprint density at radius 2 is 0.500 bits per heavy atom. The highest BCUT2D eigenvalue weighted by atomic mass is 32.1. The Hall–Kier alpha value is -12.7. The van der Waals surface area contributed by atoms with Crippen molar-refractivity contribution in [2.45, 2.75) is 135 Å². The average Bonchev–Trinajstić information content (AvgIpc) is 1.52. The first-order chi connectivity index (χ1) is 64.8. The standard InChI is InChI=1S/C27H22.C17H18.6C14H12S/c1-19-16-17-23-25(18-19)27(21-11-5-3-6-12-21,22-13-7-4-8-14-22)24-15-9-10-20(2)26(23)24;1-11-5-7-13-14-8-6-12(2)10-16(14)17(3,4)15(13)9-11;1-9-5-3-7-11-13(9)14-10(2)6-4-8-12(14)15-11;1-9-6-7-12-11(8-9)14-10(2)4-3-5-13(14)15-12;1-9-6-7-11-13(8-9)15-12-5-3-4-10(2)14(11)12;1-9-6-7-11-12-5-3-4-10(2)14(12)15-13(11)8-9;1-9-6-7-13-12(8-9)11-5-3-4-10(2)14(11)15-13;1-9-7-8-10(2)14-13(9)11-5-3-4-6-12(11)15-14/h3-18H,1-2H3;5-10H,1-4H3;6*3-8H,1-2H3. The number of fused-ring (bicyclic) bond motifs is 24. The molecule has 6 aromatic heterocycles. The van der Waals surface area contributed by atoms with Crippen LogP contribution in [-0.2, 0) is 10.8 Å². The number of thiophene rings is 6. The predicted molar refractivity (Wildman–Crippen MR) is 600 cm³/mol. The third kappa shape index (κ3) is 17.1. The van der Waals surface area contributed by atoms with Crippen molar-refractivity contribution in [3.05, 3.63) is 474 Å². The Kier molecular flexibility index (Phi) is 25.4. The van der Waals surface area contributed by atoms with E-state index >= 15 is 0 Å². The van der Waals surface area contributed by atoms with Gasteiger partial charge in [0.2, 0.25) is 0 Å².